The van der Waals surface area contributed by atoms with E-state index in [1.807, 2.05) is 77.5 Å². The number of aliphatic imine (C=N–C) groups is 1. The van der Waals surface area contributed by atoms with Crippen LogP contribution in [0.1, 0.15) is 64.8 Å². The van der Waals surface area contributed by atoms with Crippen LogP contribution < -0.4 is 15.0 Å². The number of carbonyl (C=O) groups excluding carboxylic acids is 1. The minimum absolute atomic E-state index is 0.123. The molecule has 2 aliphatic rings. The second kappa shape index (κ2) is 10.8. The summed E-state index contributed by atoms with van der Waals surface area (Å²) in [5.41, 5.74) is 3.53. The number of halogens is 1. The summed E-state index contributed by atoms with van der Waals surface area (Å²) in [4.78, 5) is 28.4. The molecule has 0 spiro atoms. The van der Waals surface area contributed by atoms with Crippen molar-refractivity contribution in [3.8, 4) is 5.75 Å². The van der Waals surface area contributed by atoms with Crippen LogP contribution in [0.5, 0.6) is 5.75 Å². The first-order valence-electron chi connectivity index (χ1n) is 14.0. The minimum Gasteiger partial charge on any atom is -0.493 e. The quantitative estimate of drug-likeness (QED) is 0.366. The number of nitrogens with one attached hydrogen (secondary N) is 1. The van der Waals surface area contributed by atoms with Crippen molar-refractivity contribution in [2.24, 2.45) is 4.99 Å². The number of pyridine rings is 1. The molecule has 2 atom stereocenters. The van der Waals surface area contributed by atoms with E-state index in [1.54, 1.807) is 0 Å². The number of rotatable bonds is 4. The molecule has 7 nitrogen and oxygen atoms in total. The highest BCUT2D eigenvalue weighted by atomic mass is 35.5. The summed E-state index contributed by atoms with van der Waals surface area (Å²) in [6, 6.07) is 17.3. The van der Waals surface area contributed by atoms with Gasteiger partial charge in [0.1, 0.15) is 17.1 Å². The van der Waals surface area contributed by atoms with E-state index in [2.05, 4.69) is 39.9 Å². The molecule has 5 rings (SSSR count). The van der Waals surface area contributed by atoms with Crippen molar-refractivity contribution < 1.29 is 9.53 Å². The van der Waals surface area contributed by atoms with Gasteiger partial charge in [0.15, 0.2) is 0 Å². The lowest BCUT2D eigenvalue weighted by atomic mass is 9.86. The summed E-state index contributed by atoms with van der Waals surface area (Å²) in [5.74, 6) is 1.23. The molecule has 0 fully saturated rings. The molecule has 1 N–H and O–H groups in total. The highest BCUT2D eigenvalue weighted by Gasteiger charge is 2.49. The highest BCUT2D eigenvalue weighted by Crippen LogP contribution is 2.42. The Morgan fingerprint density at radius 2 is 1.90 bits per heavy atom. The Balaban J connectivity index is 1.67. The van der Waals surface area contributed by atoms with E-state index in [0.29, 0.717) is 35.3 Å². The van der Waals surface area contributed by atoms with Crippen molar-refractivity contribution in [2.45, 2.75) is 65.0 Å². The van der Waals surface area contributed by atoms with Crippen molar-refractivity contribution >= 4 is 34.8 Å². The maximum Gasteiger partial charge on any atom is 0.330 e. The summed E-state index contributed by atoms with van der Waals surface area (Å²) in [7, 11) is 0. The van der Waals surface area contributed by atoms with Gasteiger partial charge in [0.05, 0.1) is 29.6 Å². The summed E-state index contributed by atoms with van der Waals surface area (Å²) >= 11 is 6.24. The largest absolute Gasteiger partial charge is 0.493 e. The van der Waals surface area contributed by atoms with Gasteiger partial charge in [-0.3, -0.25) is 19.8 Å². The Morgan fingerprint density at radius 3 is 2.60 bits per heavy atom. The highest BCUT2D eigenvalue weighted by molar-refractivity contribution is 6.30. The summed E-state index contributed by atoms with van der Waals surface area (Å²) in [6.07, 6.45) is 2.64. The Morgan fingerprint density at radius 1 is 1.18 bits per heavy atom. The SMILES string of the molecule is CCOc1cc(C(C)(C)C)ncc1C1=N[C@@](C)(c2ccc(Cl)cc2)C(C)N1C(=O)N1CCCNc2ccccc21. The zero-order valence-electron chi connectivity index (χ0n) is 24.2. The molecule has 3 aromatic rings. The molecule has 8 heteroatoms. The van der Waals surface area contributed by atoms with Crippen LogP contribution in [0.3, 0.4) is 0 Å². The van der Waals surface area contributed by atoms with Gasteiger partial charge in [-0.25, -0.2) is 4.79 Å². The summed E-state index contributed by atoms with van der Waals surface area (Å²) in [6.45, 7) is 14.3. The molecule has 40 heavy (non-hydrogen) atoms. The second-order valence-electron chi connectivity index (χ2n) is 11.6. The number of ether oxygens (including phenoxy) is 1. The average molecular weight is 560 g/mol. The first-order chi connectivity index (χ1) is 19.0. The average Bonchev–Trinajstić information content (AvgIpc) is 3.06. The topological polar surface area (TPSA) is 70.1 Å². The van der Waals surface area contributed by atoms with Crippen LogP contribution in [0.25, 0.3) is 0 Å². The fraction of sp³-hybridized carbons (Fsp3) is 0.406. The Hall–Kier alpha value is -3.58. The number of aromatic nitrogens is 1. The van der Waals surface area contributed by atoms with Crippen molar-refractivity contribution in [1.29, 1.82) is 0 Å². The van der Waals surface area contributed by atoms with Gasteiger partial charge in [0, 0.05) is 41.5 Å². The van der Waals surface area contributed by atoms with Crippen molar-refractivity contribution in [3.63, 3.8) is 0 Å². The first-order valence-corrected chi connectivity index (χ1v) is 14.4. The summed E-state index contributed by atoms with van der Waals surface area (Å²) < 4.78 is 6.16. The van der Waals surface area contributed by atoms with Crippen LogP contribution in [0, 0.1) is 0 Å². The van der Waals surface area contributed by atoms with E-state index in [9.17, 15) is 4.79 Å². The number of para-hydroxylation sites is 2. The number of urea groups is 1. The number of hydrogen-bond acceptors (Lipinski definition) is 5. The van der Waals surface area contributed by atoms with Crippen molar-refractivity contribution in [3.05, 3.63) is 82.6 Å². The zero-order valence-corrected chi connectivity index (χ0v) is 24.9. The van der Waals surface area contributed by atoms with E-state index in [0.717, 1.165) is 35.6 Å². The third-order valence-corrected chi connectivity index (χ3v) is 8.13. The molecule has 0 radical (unpaired) electrons. The van der Waals surface area contributed by atoms with Crippen molar-refractivity contribution in [1.82, 2.24) is 9.88 Å². The number of amides is 2. The monoisotopic (exact) mass is 559 g/mol. The van der Waals surface area contributed by atoms with E-state index >= 15 is 0 Å². The van der Waals surface area contributed by atoms with Gasteiger partial charge in [-0.1, -0.05) is 56.6 Å². The lowest BCUT2D eigenvalue weighted by Crippen LogP contribution is -2.51. The standard InChI is InChI=1S/C32H38ClN5O2/c1-7-40-27-19-28(31(3,4)5)35-20-24(27)29-36-32(6,22-13-15-23(33)16-14-22)21(2)38(29)30(39)37-18-10-17-34-25-11-8-9-12-26(25)37/h8-9,11-16,19-21,34H,7,10,17-18H2,1-6H3/t21?,32-/m1/s1. The fourth-order valence-corrected chi connectivity index (χ4v) is 5.53. The van der Waals surface area contributed by atoms with Gasteiger partial charge in [-0.15, -0.1) is 0 Å². The lowest BCUT2D eigenvalue weighted by molar-refractivity contribution is 0.207. The van der Waals surface area contributed by atoms with Gasteiger partial charge in [-0.05, 0) is 57.0 Å². The first kappa shape index (κ1) is 28.0. The third kappa shape index (κ3) is 5.03. The van der Waals surface area contributed by atoms with Crippen LogP contribution in [0.2, 0.25) is 5.02 Å². The zero-order chi connectivity index (χ0) is 28.7. The Kier molecular flexibility index (Phi) is 7.53. The molecule has 3 heterocycles. The number of amidine groups is 1. The van der Waals surface area contributed by atoms with Crippen LogP contribution >= 0.6 is 11.6 Å². The van der Waals surface area contributed by atoms with Crippen LogP contribution in [-0.2, 0) is 11.0 Å². The van der Waals surface area contributed by atoms with Gasteiger partial charge in [-0.2, -0.15) is 0 Å². The van der Waals surface area contributed by atoms with Gasteiger partial charge in [0.25, 0.3) is 0 Å². The molecule has 0 saturated heterocycles. The predicted molar refractivity (Wildman–Crippen MR) is 163 cm³/mol. The Labute approximate surface area is 242 Å². The second-order valence-corrected chi connectivity index (χ2v) is 12.1. The minimum atomic E-state index is -0.717. The molecule has 2 aromatic carbocycles. The van der Waals surface area contributed by atoms with Gasteiger partial charge in [0.2, 0.25) is 0 Å². The molecule has 2 amide bonds. The Bertz CT molecular complexity index is 1430. The fourth-order valence-electron chi connectivity index (χ4n) is 5.40. The number of benzene rings is 2. The van der Waals surface area contributed by atoms with E-state index in [1.165, 1.54) is 0 Å². The maximum absolute atomic E-state index is 14.6. The number of anilines is 2. The van der Waals surface area contributed by atoms with E-state index in [4.69, 9.17) is 26.3 Å². The molecular weight excluding hydrogens is 522 g/mol. The van der Waals surface area contributed by atoms with Crippen LogP contribution in [0.15, 0.2) is 65.8 Å². The molecule has 0 bridgehead atoms. The molecule has 210 valence electrons. The van der Waals surface area contributed by atoms with E-state index < -0.39 is 5.54 Å². The maximum atomic E-state index is 14.6. The molecule has 1 unspecified atom stereocenters. The molecular formula is C32H38ClN5O2. The van der Waals surface area contributed by atoms with Crippen molar-refractivity contribution in [2.75, 3.05) is 29.9 Å². The molecule has 0 aliphatic carbocycles. The third-order valence-electron chi connectivity index (χ3n) is 7.88. The van der Waals surface area contributed by atoms with Gasteiger partial charge >= 0.3 is 6.03 Å². The number of fused-ring (bicyclic) bond motifs is 1. The number of nitrogens with zero attached hydrogens (tertiary/aromatic N) is 4. The smallest absolute Gasteiger partial charge is 0.330 e. The molecule has 0 saturated carbocycles. The molecule has 2 aliphatic heterocycles. The number of hydrogen-bond donors (Lipinski definition) is 1. The normalized spacial score (nSPS) is 20.9. The molecule has 1 aromatic heterocycles. The van der Waals surface area contributed by atoms with E-state index in [-0.39, 0.29) is 17.5 Å². The predicted octanol–water partition coefficient (Wildman–Crippen LogP) is 7.24. The van der Waals surface area contributed by atoms with Gasteiger partial charge < -0.3 is 10.1 Å². The number of carbonyl (C=O) groups is 1. The van der Waals surface area contributed by atoms with Crippen LogP contribution in [-0.4, -0.2) is 47.5 Å². The lowest BCUT2D eigenvalue weighted by Gasteiger charge is -2.35. The summed E-state index contributed by atoms with van der Waals surface area (Å²) in [5, 5.41) is 4.12. The van der Waals surface area contributed by atoms with Crippen LogP contribution in [0.4, 0.5) is 16.2 Å².